The second-order valence-corrected chi connectivity index (χ2v) is 6.84. The molecule has 6 nitrogen and oxygen atoms in total. The van der Waals surface area contributed by atoms with Crippen LogP contribution < -0.4 is 4.74 Å². The second kappa shape index (κ2) is 6.90. The molecule has 20 heavy (non-hydrogen) atoms. The maximum absolute atomic E-state index is 12.1. The number of sulfone groups is 1. The number of alkyl halides is 1. The summed E-state index contributed by atoms with van der Waals surface area (Å²) in [7, 11) is -3.76. The van der Waals surface area contributed by atoms with Gasteiger partial charge in [0.25, 0.3) is 0 Å². The zero-order chi connectivity index (χ0) is 15.3. The van der Waals surface area contributed by atoms with Crippen LogP contribution in [0.4, 0.5) is 5.69 Å². The number of ether oxygens (including phenoxy) is 1. The van der Waals surface area contributed by atoms with Gasteiger partial charge in [-0.3, -0.25) is 10.1 Å². The summed E-state index contributed by atoms with van der Waals surface area (Å²) in [5.41, 5.74) is -0.518. The van der Waals surface area contributed by atoms with E-state index in [2.05, 4.69) is 0 Å². The van der Waals surface area contributed by atoms with Crippen LogP contribution in [0.5, 0.6) is 5.75 Å². The number of para-hydroxylation sites is 1. The first-order valence-corrected chi connectivity index (χ1v) is 8.21. The second-order valence-electron chi connectivity index (χ2n) is 4.39. The zero-order valence-corrected chi connectivity index (χ0v) is 12.8. The molecule has 0 saturated heterocycles. The predicted octanol–water partition coefficient (Wildman–Crippen LogP) is 2.78. The Morgan fingerprint density at radius 2 is 2.05 bits per heavy atom. The highest BCUT2D eigenvalue weighted by molar-refractivity contribution is 7.91. The zero-order valence-electron chi connectivity index (χ0n) is 11.2. The van der Waals surface area contributed by atoms with Gasteiger partial charge in [-0.15, -0.1) is 11.6 Å². The third-order valence-corrected chi connectivity index (χ3v) is 4.48. The Morgan fingerprint density at radius 3 is 2.55 bits per heavy atom. The van der Waals surface area contributed by atoms with Crippen LogP contribution in [-0.2, 0) is 9.84 Å². The van der Waals surface area contributed by atoms with Crippen LogP contribution in [0.15, 0.2) is 23.1 Å². The van der Waals surface area contributed by atoms with Gasteiger partial charge in [0.15, 0.2) is 15.6 Å². The predicted molar refractivity (Wildman–Crippen MR) is 76.3 cm³/mol. The molecule has 0 radical (unpaired) electrons. The molecule has 0 bridgehead atoms. The van der Waals surface area contributed by atoms with Crippen molar-refractivity contribution in [3.8, 4) is 5.75 Å². The van der Waals surface area contributed by atoms with Crippen molar-refractivity contribution >= 4 is 27.1 Å². The maximum Gasteiger partial charge on any atom is 0.329 e. The normalized spacial score (nSPS) is 11.6. The highest BCUT2D eigenvalue weighted by Crippen LogP contribution is 2.35. The molecule has 0 aliphatic heterocycles. The van der Waals surface area contributed by atoms with E-state index in [1.807, 2.05) is 0 Å². The van der Waals surface area contributed by atoms with Crippen LogP contribution in [0, 0.1) is 10.1 Å². The van der Waals surface area contributed by atoms with E-state index in [9.17, 15) is 18.5 Å². The van der Waals surface area contributed by atoms with E-state index in [4.69, 9.17) is 16.3 Å². The van der Waals surface area contributed by atoms with Gasteiger partial charge < -0.3 is 4.74 Å². The van der Waals surface area contributed by atoms with Gasteiger partial charge in [-0.2, -0.15) is 0 Å². The summed E-state index contributed by atoms with van der Waals surface area (Å²) in [5, 5.41) is 11.2. The maximum atomic E-state index is 12.1. The van der Waals surface area contributed by atoms with E-state index >= 15 is 0 Å². The molecule has 1 aromatic rings. The molecule has 0 aromatic heterocycles. The van der Waals surface area contributed by atoms with E-state index in [1.165, 1.54) is 18.2 Å². The highest BCUT2D eigenvalue weighted by atomic mass is 35.5. The number of benzene rings is 1. The average Bonchev–Trinajstić information content (AvgIpc) is 2.35. The monoisotopic (exact) mass is 321 g/mol. The molecule has 112 valence electrons. The lowest BCUT2D eigenvalue weighted by atomic mass is 10.3. The standard InChI is InChI=1S/C12H16ClNO5S/c1-9(2)19-10-5-3-6-11(12(10)14(15)16)20(17,18)8-4-7-13/h3,5-6,9H,4,7-8H2,1-2H3. The van der Waals surface area contributed by atoms with Crippen LogP contribution in [0.3, 0.4) is 0 Å². The molecule has 1 rings (SSSR count). The average molecular weight is 322 g/mol. The number of nitro benzene ring substituents is 1. The summed E-state index contributed by atoms with van der Waals surface area (Å²) in [5.74, 6) is -0.102. The number of rotatable bonds is 7. The molecule has 0 N–H and O–H groups in total. The third-order valence-electron chi connectivity index (χ3n) is 2.39. The SMILES string of the molecule is CC(C)Oc1cccc(S(=O)(=O)CCCCl)c1[N+](=O)[O-]. The van der Waals surface area contributed by atoms with Crippen molar-refractivity contribution in [3.63, 3.8) is 0 Å². The molecule has 0 heterocycles. The van der Waals surface area contributed by atoms with E-state index in [0.717, 1.165) is 0 Å². The van der Waals surface area contributed by atoms with Crippen LogP contribution in [0.1, 0.15) is 20.3 Å². The fourth-order valence-electron chi connectivity index (χ4n) is 1.64. The molecule has 0 fully saturated rings. The minimum absolute atomic E-state index is 0.0445. The van der Waals surface area contributed by atoms with Gasteiger partial charge in [0, 0.05) is 5.88 Å². The Bertz CT molecular complexity index is 586. The lowest BCUT2D eigenvalue weighted by Gasteiger charge is -2.12. The molecule has 0 unspecified atom stereocenters. The molecule has 0 atom stereocenters. The van der Waals surface area contributed by atoms with Gasteiger partial charge in [-0.1, -0.05) is 6.07 Å². The smallest absolute Gasteiger partial charge is 0.329 e. The molecule has 8 heteroatoms. The number of halogens is 1. The Morgan fingerprint density at radius 1 is 1.40 bits per heavy atom. The molecular formula is C12H16ClNO5S. The minimum Gasteiger partial charge on any atom is -0.484 e. The van der Waals surface area contributed by atoms with Gasteiger partial charge in [-0.05, 0) is 32.4 Å². The Labute approximate surface area is 122 Å². The number of nitrogens with zero attached hydrogens (tertiary/aromatic N) is 1. The summed E-state index contributed by atoms with van der Waals surface area (Å²) in [6.07, 6.45) is -0.0643. The van der Waals surface area contributed by atoms with Crippen molar-refractivity contribution < 1.29 is 18.1 Å². The van der Waals surface area contributed by atoms with E-state index in [-0.39, 0.29) is 34.8 Å². The first kappa shape index (κ1) is 16.7. The van der Waals surface area contributed by atoms with Crippen LogP contribution in [0.2, 0.25) is 0 Å². The Kier molecular flexibility index (Phi) is 5.76. The van der Waals surface area contributed by atoms with Gasteiger partial charge in [-0.25, -0.2) is 8.42 Å². The molecule has 0 amide bonds. The van der Waals surface area contributed by atoms with E-state index in [1.54, 1.807) is 13.8 Å². The molecule has 0 aliphatic rings. The van der Waals surface area contributed by atoms with Gasteiger partial charge in [0.2, 0.25) is 0 Å². The first-order valence-electron chi connectivity index (χ1n) is 6.02. The summed E-state index contributed by atoms with van der Waals surface area (Å²) in [6.45, 7) is 3.41. The van der Waals surface area contributed by atoms with Crippen molar-refractivity contribution in [1.29, 1.82) is 0 Å². The van der Waals surface area contributed by atoms with Gasteiger partial charge in [0.05, 0.1) is 16.8 Å². The number of nitro groups is 1. The Hall–Kier alpha value is -1.34. The lowest BCUT2D eigenvalue weighted by molar-refractivity contribution is -0.389. The fraction of sp³-hybridized carbons (Fsp3) is 0.500. The number of hydrogen-bond acceptors (Lipinski definition) is 5. The molecule has 0 spiro atoms. The quantitative estimate of drug-likeness (QED) is 0.438. The largest absolute Gasteiger partial charge is 0.484 e. The van der Waals surface area contributed by atoms with Crippen molar-refractivity contribution in [2.45, 2.75) is 31.3 Å². The highest BCUT2D eigenvalue weighted by Gasteiger charge is 2.29. The van der Waals surface area contributed by atoms with E-state index in [0.29, 0.717) is 0 Å². The molecular weight excluding hydrogens is 306 g/mol. The van der Waals surface area contributed by atoms with Gasteiger partial charge >= 0.3 is 5.69 Å². The summed E-state index contributed by atoms with van der Waals surface area (Å²) < 4.78 is 29.6. The summed E-state index contributed by atoms with van der Waals surface area (Å²) in [6, 6.07) is 4.03. The third kappa shape index (κ3) is 4.08. The molecule has 1 aromatic carbocycles. The fourth-order valence-corrected chi connectivity index (χ4v) is 3.43. The molecule has 0 saturated carbocycles. The van der Waals surface area contributed by atoms with E-state index < -0.39 is 20.4 Å². The molecule has 0 aliphatic carbocycles. The van der Waals surface area contributed by atoms with Crippen molar-refractivity contribution in [2.24, 2.45) is 0 Å². The van der Waals surface area contributed by atoms with Crippen LogP contribution in [0.25, 0.3) is 0 Å². The summed E-state index contributed by atoms with van der Waals surface area (Å²) in [4.78, 5) is 10.1. The van der Waals surface area contributed by atoms with Crippen LogP contribution in [-0.4, -0.2) is 31.1 Å². The number of hydrogen-bond donors (Lipinski definition) is 0. The van der Waals surface area contributed by atoms with Crippen molar-refractivity contribution in [2.75, 3.05) is 11.6 Å². The summed E-state index contributed by atoms with van der Waals surface area (Å²) >= 11 is 5.47. The Balaban J connectivity index is 3.36. The van der Waals surface area contributed by atoms with Crippen LogP contribution >= 0.6 is 11.6 Å². The van der Waals surface area contributed by atoms with Gasteiger partial charge in [0.1, 0.15) is 4.90 Å². The topological polar surface area (TPSA) is 86.5 Å². The lowest BCUT2D eigenvalue weighted by Crippen LogP contribution is -2.13. The first-order chi connectivity index (χ1) is 9.29. The van der Waals surface area contributed by atoms with Crippen molar-refractivity contribution in [1.82, 2.24) is 0 Å². The van der Waals surface area contributed by atoms with Crippen molar-refractivity contribution in [3.05, 3.63) is 28.3 Å². The minimum atomic E-state index is -3.76.